The third-order valence-electron chi connectivity index (χ3n) is 1.05. The van der Waals surface area contributed by atoms with Gasteiger partial charge in [-0.1, -0.05) is 0 Å². The Morgan fingerprint density at radius 1 is 1.78 bits per heavy atom. The van der Waals surface area contributed by atoms with E-state index >= 15 is 0 Å². The van der Waals surface area contributed by atoms with Gasteiger partial charge in [0.05, 0.1) is 0 Å². The van der Waals surface area contributed by atoms with Crippen LogP contribution in [0.1, 0.15) is 6.92 Å². The first-order chi connectivity index (χ1) is 4.34. The van der Waals surface area contributed by atoms with Crippen LogP contribution in [0.25, 0.3) is 0 Å². The lowest BCUT2D eigenvalue weighted by atomic mass is 10.8. The second kappa shape index (κ2) is 2.82. The number of aryl methyl sites for hydroxylation is 1. The zero-order valence-electron chi connectivity index (χ0n) is 5.66. The molecule has 0 saturated carbocycles. The van der Waals surface area contributed by atoms with E-state index in [4.69, 9.17) is 0 Å². The maximum absolute atomic E-state index is 4.25. The van der Waals surface area contributed by atoms with Crippen molar-refractivity contribution in [2.45, 2.75) is 6.92 Å². The first-order valence-corrected chi connectivity index (χ1v) is 3.83. The number of nitrogens with zero attached hydrogens (tertiary/aromatic N) is 2. The fourth-order valence-corrected chi connectivity index (χ4v) is 1.41. The average molecular weight is 142 g/mol. The summed E-state index contributed by atoms with van der Waals surface area (Å²) < 4.78 is 2.02. The van der Waals surface area contributed by atoms with Crippen LogP contribution < -0.4 is 4.80 Å². The Bertz CT molecular complexity index is 233. The zero-order chi connectivity index (χ0) is 6.69. The van der Waals surface area contributed by atoms with E-state index in [-0.39, 0.29) is 0 Å². The SMILES string of the molecule is CC/N=c1\sccn1C. The van der Waals surface area contributed by atoms with Gasteiger partial charge in [-0.3, -0.25) is 4.99 Å². The summed E-state index contributed by atoms with van der Waals surface area (Å²) in [5.74, 6) is 0. The summed E-state index contributed by atoms with van der Waals surface area (Å²) in [4.78, 5) is 5.34. The zero-order valence-corrected chi connectivity index (χ0v) is 6.48. The van der Waals surface area contributed by atoms with Gasteiger partial charge in [-0.2, -0.15) is 0 Å². The lowest BCUT2D eigenvalue weighted by Gasteiger charge is -1.85. The van der Waals surface area contributed by atoms with Crippen LogP contribution in [0.3, 0.4) is 0 Å². The molecule has 0 aliphatic rings. The third kappa shape index (κ3) is 1.42. The lowest BCUT2D eigenvalue weighted by molar-refractivity contribution is 0.849. The van der Waals surface area contributed by atoms with Crippen LogP contribution in [0.5, 0.6) is 0 Å². The molecule has 0 N–H and O–H groups in total. The van der Waals surface area contributed by atoms with E-state index in [1.165, 1.54) is 0 Å². The van der Waals surface area contributed by atoms with Crippen molar-refractivity contribution in [2.24, 2.45) is 12.0 Å². The molecule has 0 fully saturated rings. The summed E-state index contributed by atoms with van der Waals surface area (Å²) >= 11 is 1.67. The van der Waals surface area contributed by atoms with E-state index in [0.29, 0.717) is 0 Å². The highest BCUT2D eigenvalue weighted by atomic mass is 32.1. The van der Waals surface area contributed by atoms with Crippen LogP contribution in [0.4, 0.5) is 0 Å². The van der Waals surface area contributed by atoms with E-state index in [1.807, 2.05) is 30.1 Å². The molecule has 0 aliphatic carbocycles. The molecular weight excluding hydrogens is 132 g/mol. The summed E-state index contributed by atoms with van der Waals surface area (Å²) in [5, 5.41) is 2.04. The molecule has 0 radical (unpaired) electrons. The molecule has 1 aromatic heterocycles. The highest BCUT2D eigenvalue weighted by molar-refractivity contribution is 7.07. The van der Waals surface area contributed by atoms with E-state index in [2.05, 4.69) is 4.99 Å². The van der Waals surface area contributed by atoms with Crippen LogP contribution in [-0.2, 0) is 7.05 Å². The minimum Gasteiger partial charge on any atom is -0.327 e. The maximum atomic E-state index is 4.25. The standard InChI is InChI=1S/C6H10N2S/c1-3-7-6-8(2)4-5-9-6/h4-5H,3H2,1-2H3/b7-6-. The minimum atomic E-state index is 0.869. The number of hydrogen-bond acceptors (Lipinski definition) is 2. The van der Waals surface area contributed by atoms with Gasteiger partial charge in [0.25, 0.3) is 0 Å². The van der Waals surface area contributed by atoms with Gasteiger partial charge in [-0.15, -0.1) is 11.3 Å². The molecule has 0 saturated heterocycles. The van der Waals surface area contributed by atoms with Crippen molar-refractivity contribution in [2.75, 3.05) is 6.54 Å². The van der Waals surface area contributed by atoms with Gasteiger partial charge in [0, 0.05) is 25.2 Å². The smallest absolute Gasteiger partial charge is 0.184 e. The Labute approximate surface area is 58.5 Å². The first-order valence-electron chi connectivity index (χ1n) is 2.95. The molecule has 1 aromatic rings. The highest BCUT2D eigenvalue weighted by Crippen LogP contribution is 1.84. The van der Waals surface area contributed by atoms with Crippen molar-refractivity contribution in [1.82, 2.24) is 4.57 Å². The van der Waals surface area contributed by atoms with Crippen molar-refractivity contribution in [3.05, 3.63) is 16.4 Å². The van der Waals surface area contributed by atoms with Gasteiger partial charge < -0.3 is 4.57 Å². The van der Waals surface area contributed by atoms with Crippen molar-refractivity contribution >= 4 is 11.3 Å². The van der Waals surface area contributed by atoms with Gasteiger partial charge in [0.1, 0.15) is 0 Å². The Balaban J connectivity index is 3.07. The molecule has 0 spiro atoms. The molecule has 50 valence electrons. The number of hydrogen-bond donors (Lipinski definition) is 0. The number of rotatable bonds is 1. The van der Waals surface area contributed by atoms with Gasteiger partial charge in [-0.05, 0) is 6.92 Å². The molecule has 1 heterocycles. The highest BCUT2D eigenvalue weighted by Gasteiger charge is 1.83. The van der Waals surface area contributed by atoms with E-state index < -0.39 is 0 Å². The van der Waals surface area contributed by atoms with Crippen molar-refractivity contribution < 1.29 is 0 Å². The molecule has 0 atom stereocenters. The van der Waals surface area contributed by atoms with Gasteiger partial charge in [-0.25, -0.2) is 0 Å². The van der Waals surface area contributed by atoms with E-state index in [9.17, 15) is 0 Å². The van der Waals surface area contributed by atoms with Crippen LogP contribution in [0.2, 0.25) is 0 Å². The molecule has 0 amide bonds. The predicted molar refractivity (Wildman–Crippen MR) is 39.4 cm³/mol. The van der Waals surface area contributed by atoms with E-state index in [1.54, 1.807) is 11.3 Å². The number of thiazole rings is 1. The molecule has 1 rings (SSSR count). The molecule has 3 heteroatoms. The van der Waals surface area contributed by atoms with Crippen LogP contribution >= 0.6 is 11.3 Å². The average Bonchev–Trinajstić information content (AvgIpc) is 2.18. The molecular formula is C6H10N2S. The van der Waals surface area contributed by atoms with Crippen LogP contribution in [-0.4, -0.2) is 11.1 Å². The van der Waals surface area contributed by atoms with Gasteiger partial charge in [0.15, 0.2) is 4.80 Å². The van der Waals surface area contributed by atoms with Crippen molar-refractivity contribution in [3.8, 4) is 0 Å². The fourth-order valence-electron chi connectivity index (χ4n) is 0.614. The molecule has 0 aliphatic heterocycles. The molecule has 0 unspecified atom stereocenters. The van der Waals surface area contributed by atoms with Crippen molar-refractivity contribution in [1.29, 1.82) is 0 Å². The Morgan fingerprint density at radius 2 is 2.56 bits per heavy atom. The molecule has 0 bridgehead atoms. The molecule has 0 aromatic carbocycles. The van der Waals surface area contributed by atoms with Crippen LogP contribution in [0, 0.1) is 0 Å². The third-order valence-corrected chi connectivity index (χ3v) is 1.94. The van der Waals surface area contributed by atoms with Crippen LogP contribution in [0.15, 0.2) is 16.6 Å². The Hall–Kier alpha value is -0.570. The second-order valence-corrected chi connectivity index (χ2v) is 2.64. The van der Waals surface area contributed by atoms with Gasteiger partial charge >= 0.3 is 0 Å². The second-order valence-electron chi connectivity index (χ2n) is 1.77. The fraction of sp³-hybridized carbons (Fsp3) is 0.500. The predicted octanol–water partition coefficient (Wildman–Crippen LogP) is 1.01. The molecule has 9 heavy (non-hydrogen) atoms. The summed E-state index contributed by atoms with van der Waals surface area (Å²) in [5.41, 5.74) is 0. The van der Waals surface area contributed by atoms with E-state index in [0.717, 1.165) is 11.3 Å². The van der Waals surface area contributed by atoms with Crippen molar-refractivity contribution in [3.63, 3.8) is 0 Å². The summed E-state index contributed by atoms with van der Waals surface area (Å²) in [7, 11) is 2.00. The minimum absolute atomic E-state index is 0.869. The largest absolute Gasteiger partial charge is 0.327 e. The summed E-state index contributed by atoms with van der Waals surface area (Å²) in [6.07, 6.45) is 2.01. The summed E-state index contributed by atoms with van der Waals surface area (Å²) in [6, 6.07) is 0. The first kappa shape index (κ1) is 6.55. The molecule has 2 nitrogen and oxygen atoms in total. The topological polar surface area (TPSA) is 17.3 Å². The number of aromatic nitrogens is 1. The monoisotopic (exact) mass is 142 g/mol. The maximum Gasteiger partial charge on any atom is 0.184 e. The normalized spacial score (nSPS) is 12.4. The van der Waals surface area contributed by atoms with Gasteiger partial charge in [0.2, 0.25) is 0 Å². The Kier molecular flexibility index (Phi) is 2.05. The summed E-state index contributed by atoms with van der Waals surface area (Å²) in [6.45, 7) is 2.91. The quantitative estimate of drug-likeness (QED) is 0.557. The lowest BCUT2D eigenvalue weighted by Crippen LogP contribution is -2.08. The Morgan fingerprint density at radius 3 is 3.00 bits per heavy atom.